The summed E-state index contributed by atoms with van der Waals surface area (Å²) >= 11 is 0. The van der Waals surface area contributed by atoms with E-state index in [0.717, 1.165) is 37.5 Å². The van der Waals surface area contributed by atoms with Crippen LogP contribution in [0.1, 0.15) is 31.2 Å². The van der Waals surface area contributed by atoms with E-state index in [9.17, 15) is 0 Å². The molecule has 2 atom stereocenters. The molecule has 5 heteroatoms. The fourth-order valence-corrected chi connectivity index (χ4v) is 2.92. The smallest absolute Gasteiger partial charge is 0.225 e. The molecule has 0 aromatic carbocycles. The van der Waals surface area contributed by atoms with Crippen molar-refractivity contribution in [2.45, 2.75) is 44.4 Å². The quantitative estimate of drug-likeness (QED) is 0.851. The van der Waals surface area contributed by atoms with E-state index in [1.165, 1.54) is 12.8 Å². The van der Waals surface area contributed by atoms with Gasteiger partial charge in [0, 0.05) is 24.5 Å². The lowest BCUT2D eigenvalue weighted by Gasteiger charge is -2.43. The van der Waals surface area contributed by atoms with Gasteiger partial charge in [-0.05, 0) is 12.8 Å². The van der Waals surface area contributed by atoms with Gasteiger partial charge < -0.3 is 14.7 Å². The number of ether oxygens (including phenoxy) is 1. The molecule has 1 aromatic rings. The second-order valence-corrected chi connectivity index (χ2v) is 5.00. The van der Waals surface area contributed by atoms with Gasteiger partial charge in [-0.3, -0.25) is 0 Å². The summed E-state index contributed by atoms with van der Waals surface area (Å²) in [7, 11) is 0. The van der Waals surface area contributed by atoms with E-state index >= 15 is 0 Å². The zero-order chi connectivity index (χ0) is 12.4. The molecule has 0 spiro atoms. The Hall–Kier alpha value is -1.20. The van der Waals surface area contributed by atoms with Crippen LogP contribution in [0.5, 0.6) is 0 Å². The number of rotatable bonds is 2. The van der Waals surface area contributed by atoms with Crippen molar-refractivity contribution in [3.63, 3.8) is 0 Å². The molecule has 1 saturated heterocycles. The first kappa shape index (κ1) is 11.9. The third-order valence-corrected chi connectivity index (χ3v) is 3.86. The number of aliphatic hydroxyl groups is 1. The van der Waals surface area contributed by atoms with Crippen LogP contribution in [0.25, 0.3) is 0 Å². The highest BCUT2D eigenvalue weighted by Gasteiger charge is 2.35. The second kappa shape index (κ2) is 5.20. The first-order valence-electron chi connectivity index (χ1n) is 6.68. The Balaban J connectivity index is 1.80. The maximum Gasteiger partial charge on any atom is 0.225 e. The van der Waals surface area contributed by atoms with Crippen LogP contribution in [0.4, 0.5) is 5.95 Å². The summed E-state index contributed by atoms with van der Waals surface area (Å²) < 4.78 is 5.84. The van der Waals surface area contributed by atoms with Crippen molar-refractivity contribution in [3.8, 4) is 0 Å². The first-order chi connectivity index (χ1) is 8.88. The van der Waals surface area contributed by atoms with Gasteiger partial charge in [0.05, 0.1) is 25.4 Å². The number of hydrogen-bond donors (Lipinski definition) is 1. The lowest BCUT2D eigenvalue weighted by Crippen LogP contribution is -2.53. The minimum absolute atomic E-state index is 0.00452. The molecule has 5 nitrogen and oxygen atoms in total. The van der Waals surface area contributed by atoms with E-state index in [1.54, 1.807) is 12.4 Å². The van der Waals surface area contributed by atoms with E-state index in [0.29, 0.717) is 12.1 Å². The van der Waals surface area contributed by atoms with Gasteiger partial charge in [-0.25, -0.2) is 9.97 Å². The second-order valence-electron chi connectivity index (χ2n) is 5.00. The van der Waals surface area contributed by atoms with Crippen molar-refractivity contribution in [2.75, 3.05) is 18.1 Å². The van der Waals surface area contributed by atoms with Crippen molar-refractivity contribution in [1.29, 1.82) is 0 Å². The first-order valence-corrected chi connectivity index (χ1v) is 6.68. The topological polar surface area (TPSA) is 58.5 Å². The van der Waals surface area contributed by atoms with E-state index in [4.69, 9.17) is 9.84 Å². The van der Waals surface area contributed by atoms with Gasteiger partial charge in [0.25, 0.3) is 0 Å². The standard InChI is InChI=1S/C13H19N3O2/c17-9-10-7-14-13(15-8-10)16-5-6-18-12-4-2-1-3-11(12)16/h7-8,11-12,17H,1-6,9H2. The maximum atomic E-state index is 9.01. The molecule has 18 heavy (non-hydrogen) atoms. The molecular formula is C13H19N3O2. The van der Waals surface area contributed by atoms with Crippen LogP contribution in [0.2, 0.25) is 0 Å². The van der Waals surface area contributed by atoms with Crippen LogP contribution in [0.3, 0.4) is 0 Å². The summed E-state index contributed by atoms with van der Waals surface area (Å²) in [5, 5.41) is 9.01. The highest BCUT2D eigenvalue weighted by molar-refractivity contribution is 5.33. The zero-order valence-electron chi connectivity index (χ0n) is 10.5. The van der Waals surface area contributed by atoms with Gasteiger partial charge in [0.15, 0.2) is 0 Å². The molecule has 0 amide bonds. The van der Waals surface area contributed by atoms with Crippen LogP contribution < -0.4 is 4.90 Å². The van der Waals surface area contributed by atoms with Gasteiger partial charge in [-0.2, -0.15) is 0 Å². The van der Waals surface area contributed by atoms with Gasteiger partial charge in [0.1, 0.15) is 0 Å². The average molecular weight is 249 g/mol. The summed E-state index contributed by atoms with van der Waals surface area (Å²) in [4.78, 5) is 11.0. The summed E-state index contributed by atoms with van der Waals surface area (Å²) in [5.41, 5.74) is 0.757. The van der Waals surface area contributed by atoms with Crippen LogP contribution >= 0.6 is 0 Å². The van der Waals surface area contributed by atoms with Crippen LogP contribution in [0.15, 0.2) is 12.4 Å². The number of fused-ring (bicyclic) bond motifs is 1. The van der Waals surface area contributed by atoms with Crippen molar-refractivity contribution in [3.05, 3.63) is 18.0 Å². The molecule has 1 saturated carbocycles. The van der Waals surface area contributed by atoms with Crippen LogP contribution in [0, 0.1) is 0 Å². The Bertz CT molecular complexity index is 394. The molecule has 1 aliphatic heterocycles. The van der Waals surface area contributed by atoms with Gasteiger partial charge >= 0.3 is 0 Å². The van der Waals surface area contributed by atoms with Crippen LogP contribution in [-0.2, 0) is 11.3 Å². The number of hydrogen-bond acceptors (Lipinski definition) is 5. The SMILES string of the molecule is OCc1cnc(N2CCOC3CCCCC32)nc1. The Labute approximate surface area is 107 Å². The number of nitrogens with zero attached hydrogens (tertiary/aromatic N) is 3. The molecule has 2 unspecified atom stereocenters. The molecule has 1 N–H and O–H groups in total. The Morgan fingerprint density at radius 3 is 2.83 bits per heavy atom. The van der Waals surface area contributed by atoms with Crippen molar-refractivity contribution >= 4 is 5.95 Å². The molecule has 2 heterocycles. The van der Waals surface area contributed by atoms with Gasteiger partial charge in [0.2, 0.25) is 5.95 Å². The third-order valence-electron chi connectivity index (χ3n) is 3.86. The lowest BCUT2D eigenvalue weighted by atomic mass is 9.90. The molecule has 98 valence electrons. The zero-order valence-corrected chi connectivity index (χ0v) is 10.5. The van der Waals surface area contributed by atoms with Crippen molar-refractivity contribution in [1.82, 2.24) is 9.97 Å². The molecule has 1 aromatic heterocycles. The summed E-state index contributed by atoms with van der Waals surface area (Å²) in [5.74, 6) is 0.771. The monoisotopic (exact) mass is 249 g/mol. The molecule has 0 bridgehead atoms. The molecule has 1 aliphatic carbocycles. The van der Waals surface area contributed by atoms with E-state index in [2.05, 4.69) is 14.9 Å². The predicted octanol–water partition coefficient (Wildman–Crippen LogP) is 1.12. The fraction of sp³-hybridized carbons (Fsp3) is 0.692. The average Bonchev–Trinajstić information content (AvgIpc) is 2.47. The Morgan fingerprint density at radius 2 is 2.06 bits per heavy atom. The molecular weight excluding hydrogens is 230 g/mol. The van der Waals surface area contributed by atoms with Gasteiger partial charge in [-0.1, -0.05) is 12.8 Å². The molecule has 0 radical (unpaired) electrons. The Morgan fingerprint density at radius 1 is 1.28 bits per heavy atom. The van der Waals surface area contributed by atoms with E-state index < -0.39 is 0 Å². The highest BCUT2D eigenvalue weighted by Crippen LogP contribution is 2.30. The normalized spacial score (nSPS) is 27.9. The third kappa shape index (κ3) is 2.20. The number of anilines is 1. The maximum absolute atomic E-state index is 9.01. The van der Waals surface area contributed by atoms with E-state index in [-0.39, 0.29) is 6.61 Å². The summed E-state index contributed by atoms with van der Waals surface area (Å²) in [6, 6.07) is 0.424. The summed E-state index contributed by atoms with van der Waals surface area (Å²) in [6.07, 6.45) is 8.58. The number of aromatic nitrogens is 2. The molecule has 2 fully saturated rings. The molecule has 2 aliphatic rings. The van der Waals surface area contributed by atoms with Crippen LogP contribution in [-0.4, -0.2) is 40.4 Å². The lowest BCUT2D eigenvalue weighted by molar-refractivity contribution is -0.00932. The summed E-state index contributed by atoms with van der Waals surface area (Å²) in [6.45, 7) is 1.61. The van der Waals surface area contributed by atoms with Crippen molar-refractivity contribution < 1.29 is 9.84 Å². The minimum atomic E-state index is -0.00452. The molecule has 3 rings (SSSR count). The van der Waals surface area contributed by atoms with Crippen molar-refractivity contribution in [2.24, 2.45) is 0 Å². The predicted molar refractivity (Wildman–Crippen MR) is 67.3 cm³/mol. The number of aliphatic hydroxyl groups excluding tert-OH is 1. The minimum Gasteiger partial charge on any atom is -0.392 e. The fourth-order valence-electron chi connectivity index (χ4n) is 2.92. The largest absolute Gasteiger partial charge is 0.392 e. The number of morpholine rings is 1. The van der Waals surface area contributed by atoms with Gasteiger partial charge in [-0.15, -0.1) is 0 Å². The van der Waals surface area contributed by atoms with E-state index in [1.807, 2.05) is 0 Å². The highest BCUT2D eigenvalue weighted by atomic mass is 16.5. The Kier molecular flexibility index (Phi) is 3.43.